The molecule has 4 rings (SSSR count). The summed E-state index contributed by atoms with van der Waals surface area (Å²) in [6.07, 6.45) is 1.98. The van der Waals surface area contributed by atoms with Crippen molar-refractivity contribution in [3.05, 3.63) is 102 Å². The third-order valence-electron chi connectivity index (χ3n) is 5.27. The number of hydrogen-bond donors (Lipinski definition) is 1. The summed E-state index contributed by atoms with van der Waals surface area (Å²) < 4.78 is 2.27. The van der Waals surface area contributed by atoms with Gasteiger partial charge < -0.3 is 4.57 Å². The minimum Gasteiger partial charge on any atom is -0.340 e. The second-order valence-electron chi connectivity index (χ2n) is 7.28. The van der Waals surface area contributed by atoms with Crippen LogP contribution in [0.25, 0.3) is 10.9 Å². The molecule has 5 heteroatoms. The predicted octanol–water partition coefficient (Wildman–Crippen LogP) is 4.48. The Morgan fingerprint density at radius 1 is 1.00 bits per heavy atom. The van der Waals surface area contributed by atoms with Crippen molar-refractivity contribution in [3.63, 3.8) is 0 Å². The number of amides is 1. The summed E-state index contributed by atoms with van der Waals surface area (Å²) in [5, 5.41) is 5.33. The van der Waals surface area contributed by atoms with E-state index >= 15 is 0 Å². The van der Waals surface area contributed by atoms with E-state index in [1.807, 2.05) is 55.5 Å². The predicted molar refractivity (Wildman–Crippen MR) is 121 cm³/mol. The van der Waals surface area contributed by atoms with Crippen molar-refractivity contribution in [1.29, 1.82) is 0 Å². The minimum absolute atomic E-state index is 0.143. The lowest BCUT2D eigenvalue weighted by Gasteiger charge is -2.09. The topological polar surface area (TPSA) is 59.3 Å². The fraction of sp³-hybridized carbons (Fsp3) is 0.160. The smallest absolute Gasteiger partial charge is 0.244 e. The first kappa shape index (κ1) is 19.6. The maximum absolute atomic E-state index is 12.7. The largest absolute Gasteiger partial charge is 0.340 e. The molecule has 0 bridgehead atoms. The van der Waals surface area contributed by atoms with E-state index in [-0.39, 0.29) is 12.3 Å². The van der Waals surface area contributed by atoms with Crippen molar-refractivity contribution in [1.82, 2.24) is 15.0 Å². The fourth-order valence-corrected chi connectivity index (χ4v) is 3.68. The summed E-state index contributed by atoms with van der Waals surface area (Å²) >= 11 is 0. The number of hydrogen-bond acceptors (Lipinski definition) is 3. The lowest BCUT2D eigenvalue weighted by atomic mass is 10.1. The number of aromatic nitrogens is 2. The number of nitrogens with one attached hydrogen (secondary N) is 1. The van der Waals surface area contributed by atoms with Gasteiger partial charge in [0.05, 0.1) is 17.8 Å². The number of fused-ring (bicyclic) bond motifs is 1. The normalized spacial score (nSPS) is 11.6. The molecule has 0 saturated carbocycles. The summed E-state index contributed by atoms with van der Waals surface area (Å²) in [5.41, 5.74) is 8.59. The fourth-order valence-electron chi connectivity index (χ4n) is 3.68. The lowest BCUT2D eigenvalue weighted by Crippen LogP contribution is -2.22. The Bertz CT molecular complexity index is 1190. The third kappa shape index (κ3) is 4.15. The standard InChI is InChI=1S/C25H24N4O/c1-18(23-13-8-9-15-26-23)27-28-25(30)16-22-19(2)29(17-20-10-4-3-5-11-20)24-14-7-6-12-21(22)24/h3-15H,16-17H2,1-2H3,(H,28,30). The van der Waals surface area contributed by atoms with Gasteiger partial charge in [-0.05, 0) is 43.2 Å². The molecular formula is C25H24N4O. The van der Waals surface area contributed by atoms with Crippen LogP contribution in [-0.2, 0) is 17.8 Å². The molecule has 30 heavy (non-hydrogen) atoms. The van der Waals surface area contributed by atoms with E-state index in [9.17, 15) is 4.79 Å². The molecule has 0 atom stereocenters. The Kier molecular flexibility index (Phi) is 5.70. The van der Waals surface area contributed by atoms with E-state index in [4.69, 9.17) is 0 Å². The van der Waals surface area contributed by atoms with Gasteiger partial charge >= 0.3 is 0 Å². The molecule has 0 unspecified atom stereocenters. The number of carbonyl (C=O) groups is 1. The van der Waals surface area contributed by atoms with Gasteiger partial charge in [-0.3, -0.25) is 9.78 Å². The summed E-state index contributed by atoms with van der Waals surface area (Å²) in [4.78, 5) is 16.9. The zero-order valence-corrected chi connectivity index (χ0v) is 17.2. The van der Waals surface area contributed by atoms with Crippen LogP contribution in [0.2, 0.25) is 0 Å². The summed E-state index contributed by atoms with van der Waals surface area (Å²) in [6, 6.07) is 24.2. The second-order valence-corrected chi connectivity index (χ2v) is 7.28. The Labute approximate surface area is 176 Å². The minimum atomic E-state index is -0.143. The van der Waals surface area contributed by atoms with Gasteiger partial charge in [-0.25, -0.2) is 5.43 Å². The van der Waals surface area contributed by atoms with Crippen LogP contribution in [0.4, 0.5) is 0 Å². The molecule has 0 aliphatic rings. The lowest BCUT2D eigenvalue weighted by molar-refractivity contribution is -0.120. The van der Waals surface area contributed by atoms with Crippen LogP contribution in [-0.4, -0.2) is 21.2 Å². The van der Waals surface area contributed by atoms with Crippen molar-refractivity contribution in [2.75, 3.05) is 0 Å². The molecule has 2 aromatic heterocycles. The van der Waals surface area contributed by atoms with Gasteiger partial charge in [-0.1, -0.05) is 54.6 Å². The number of rotatable bonds is 6. The highest BCUT2D eigenvalue weighted by Crippen LogP contribution is 2.27. The van der Waals surface area contributed by atoms with Gasteiger partial charge in [-0.2, -0.15) is 5.10 Å². The van der Waals surface area contributed by atoms with E-state index in [1.165, 1.54) is 5.56 Å². The van der Waals surface area contributed by atoms with E-state index in [1.54, 1.807) is 6.20 Å². The summed E-state index contributed by atoms with van der Waals surface area (Å²) in [7, 11) is 0. The van der Waals surface area contributed by atoms with Gasteiger partial charge in [0.2, 0.25) is 5.91 Å². The molecule has 1 N–H and O–H groups in total. The Balaban J connectivity index is 1.58. The van der Waals surface area contributed by atoms with Gasteiger partial charge in [0.25, 0.3) is 0 Å². The average Bonchev–Trinajstić information content (AvgIpc) is 3.05. The Morgan fingerprint density at radius 2 is 1.73 bits per heavy atom. The number of pyridine rings is 1. The number of carbonyl (C=O) groups excluding carboxylic acids is 1. The van der Waals surface area contributed by atoms with Crippen LogP contribution in [0.5, 0.6) is 0 Å². The molecule has 2 heterocycles. The number of benzene rings is 2. The zero-order valence-electron chi connectivity index (χ0n) is 17.2. The van der Waals surface area contributed by atoms with E-state index in [0.29, 0.717) is 5.71 Å². The van der Waals surface area contributed by atoms with E-state index in [2.05, 4.69) is 51.3 Å². The molecule has 0 fully saturated rings. The molecule has 0 radical (unpaired) electrons. The van der Waals surface area contributed by atoms with Crippen molar-refractivity contribution in [2.45, 2.75) is 26.8 Å². The molecule has 1 amide bonds. The van der Waals surface area contributed by atoms with Gasteiger partial charge in [-0.15, -0.1) is 0 Å². The molecule has 0 spiro atoms. The highest BCUT2D eigenvalue weighted by atomic mass is 16.2. The summed E-state index contributed by atoms with van der Waals surface area (Å²) in [6.45, 7) is 4.68. The monoisotopic (exact) mass is 396 g/mol. The van der Waals surface area contributed by atoms with Crippen molar-refractivity contribution >= 4 is 22.5 Å². The number of para-hydroxylation sites is 1. The van der Waals surface area contributed by atoms with Crippen LogP contribution in [0.15, 0.2) is 84.1 Å². The first-order chi connectivity index (χ1) is 14.6. The van der Waals surface area contributed by atoms with Crippen LogP contribution in [0.1, 0.15) is 29.4 Å². The van der Waals surface area contributed by atoms with Gasteiger partial charge in [0.1, 0.15) is 0 Å². The van der Waals surface area contributed by atoms with Crippen molar-refractivity contribution in [2.24, 2.45) is 5.10 Å². The van der Waals surface area contributed by atoms with E-state index < -0.39 is 0 Å². The number of hydrazone groups is 1. The third-order valence-corrected chi connectivity index (χ3v) is 5.27. The van der Waals surface area contributed by atoms with Gasteiger partial charge in [0, 0.05) is 29.3 Å². The Morgan fingerprint density at radius 3 is 2.50 bits per heavy atom. The molecule has 0 aliphatic carbocycles. The first-order valence-corrected chi connectivity index (χ1v) is 9.98. The quantitative estimate of drug-likeness (QED) is 0.386. The molecule has 0 saturated heterocycles. The van der Waals surface area contributed by atoms with Crippen LogP contribution < -0.4 is 5.43 Å². The van der Waals surface area contributed by atoms with E-state index in [0.717, 1.165) is 34.4 Å². The Hall–Kier alpha value is -3.73. The molecule has 2 aromatic carbocycles. The van der Waals surface area contributed by atoms with Crippen molar-refractivity contribution < 1.29 is 4.79 Å². The highest BCUT2D eigenvalue weighted by Gasteiger charge is 2.16. The number of nitrogens with zero attached hydrogens (tertiary/aromatic N) is 3. The maximum atomic E-state index is 12.7. The van der Waals surface area contributed by atoms with Crippen LogP contribution >= 0.6 is 0 Å². The molecular weight excluding hydrogens is 372 g/mol. The average molecular weight is 396 g/mol. The molecule has 5 nitrogen and oxygen atoms in total. The SMILES string of the molecule is CC(=NNC(=O)Cc1c(C)n(Cc2ccccc2)c2ccccc12)c1ccccn1. The maximum Gasteiger partial charge on any atom is 0.244 e. The second kappa shape index (κ2) is 8.74. The summed E-state index contributed by atoms with van der Waals surface area (Å²) in [5.74, 6) is -0.143. The molecule has 150 valence electrons. The van der Waals surface area contributed by atoms with Crippen molar-refractivity contribution in [3.8, 4) is 0 Å². The van der Waals surface area contributed by atoms with Crippen LogP contribution in [0, 0.1) is 6.92 Å². The molecule has 4 aromatic rings. The molecule has 0 aliphatic heterocycles. The highest BCUT2D eigenvalue weighted by molar-refractivity contribution is 5.98. The van der Waals surface area contributed by atoms with Crippen LogP contribution in [0.3, 0.4) is 0 Å². The first-order valence-electron chi connectivity index (χ1n) is 9.98. The zero-order chi connectivity index (χ0) is 20.9. The van der Waals surface area contributed by atoms with Gasteiger partial charge in [0.15, 0.2) is 0 Å².